The maximum atomic E-state index is 11.7. The molecular weight excluding hydrogens is 620 g/mol. The average molecular weight is 675 g/mol. The fourth-order valence-corrected chi connectivity index (χ4v) is 5.34. The molecule has 8 heteroatoms. The Labute approximate surface area is 292 Å². The minimum atomic E-state index is -0.386. The summed E-state index contributed by atoms with van der Waals surface area (Å²) >= 11 is 0. The Morgan fingerprint density at radius 2 is 1.04 bits per heavy atom. The van der Waals surface area contributed by atoms with E-state index in [4.69, 9.17) is 28.4 Å². The Morgan fingerprint density at radius 1 is 0.571 bits per heavy atom. The Kier molecular flexibility index (Phi) is 15.5. The van der Waals surface area contributed by atoms with Gasteiger partial charge in [-0.1, -0.05) is 101 Å². The van der Waals surface area contributed by atoms with Crippen molar-refractivity contribution in [3.8, 4) is 34.5 Å². The molecule has 0 atom stereocenters. The van der Waals surface area contributed by atoms with Crippen LogP contribution in [0.25, 0.3) is 21.5 Å². The number of carbonyl (C=O) groups excluding carboxylic acids is 2. The zero-order chi connectivity index (χ0) is 35.8. The van der Waals surface area contributed by atoms with Crippen LogP contribution in [-0.4, -0.2) is 37.9 Å². The van der Waals surface area contributed by atoms with Crippen LogP contribution >= 0.6 is 0 Å². The molecule has 0 N–H and O–H groups in total. The second-order valence-corrected chi connectivity index (χ2v) is 12.9. The van der Waals surface area contributed by atoms with Gasteiger partial charge in [-0.05, 0) is 33.6 Å². The van der Waals surface area contributed by atoms with Crippen molar-refractivity contribution in [3.05, 3.63) is 60.7 Å². The standard InChI is InChI=1S/C24H34O4.C17H20O4/c1-4-6-8-12-16-26-22-18-23(27-17-13-9-7-5-2)24(28-19(3)25)21-15-11-10-14-20(21)22;1-11(18)20-14-10-15(21-17(2,3)4)16(19-5)13-9-7-6-8-12(13)14/h10-11,14-15,18H,4-9,12-13,16-17H2,1-3H3;6-10H,1-5H3. The van der Waals surface area contributed by atoms with Gasteiger partial charge in [0.15, 0.2) is 23.0 Å². The molecule has 0 radical (unpaired) electrons. The molecule has 4 aromatic carbocycles. The van der Waals surface area contributed by atoms with E-state index in [0.29, 0.717) is 42.0 Å². The number of hydrogen-bond acceptors (Lipinski definition) is 8. The number of fused-ring (bicyclic) bond motifs is 2. The maximum Gasteiger partial charge on any atom is 0.308 e. The third-order valence-electron chi connectivity index (χ3n) is 7.48. The molecule has 0 aliphatic rings. The summed E-state index contributed by atoms with van der Waals surface area (Å²) < 4.78 is 34.4. The second kappa shape index (κ2) is 19.5. The molecule has 0 aromatic heterocycles. The van der Waals surface area contributed by atoms with Gasteiger partial charge >= 0.3 is 11.9 Å². The fourth-order valence-electron chi connectivity index (χ4n) is 5.34. The molecule has 0 spiro atoms. The normalized spacial score (nSPS) is 11.0. The monoisotopic (exact) mass is 674 g/mol. The number of unbranched alkanes of at least 4 members (excludes halogenated alkanes) is 6. The molecule has 0 heterocycles. The first-order valence-corrected chi connectivity index (χ1v) is 17.5. The van der Waals surface area contributed by atoms with E-state index in [1.165, 1.54) is 46.0 Å². The molecule has 49 heavy (non-hydrogen) atoms. The lowest BCUT2D eigenvalue weighted by Crippen LogP contribution is -2.23. The van der Waals surface area contributed by atoms with Gasteiger partial charge in [0.1, 0.15) is 17.1 Å². The van der Waals surface area contributed by atoms with Gasteiger partial charge in [-0.15, -0.1) is 0 Å². The lowest BCUT2D eigenvalue weighted by atomic mass is 10.1. The predicted molar refractivity (Wildman–Crippen MR) is 197 cm³/mol. The summed E-state index contributed by atoms with van der Waals surface area (Å²) in [4.78, 5) is 23.0. The van der Waals surface area contributed by atoms with Crippen LogP contribution in [0.2, 0.25) is 0 Å². The van der Waals surface area contributed by atoms with Gasteiger partial charge in [-0.25, -0.2) is 0 Å². The molecule has 4 rings (SSSR count). The van der Waals surface area contributed by atoms with Crippen LogP contribution < -0.4 is 28.4 Å². The van der Waals surface area contributed by atoms with Gasteiger partial charge in [0.25, 0.3) is 0 Å². The van der Waals surface area contributed by atoms with E-state index in [1.807, 2.05) is 75.4 Å². The molecule has 0 fully saturated rings. The van der Waals surface area contributed by atoms with Crippen molar-refractivity contribution < 1.29 is 38.0 Å². The van der Waals surface area contributed by atoms with Crippen LogP contribution in [0.1, 0.15) is 99.8 Å². The third-order valence-corrected chi connectivity index (χ3v) is 7.48. The summed E-state index contributed by atoms with van der Waals surface area (Å²) in [6, 6.07) is 19.0. The van der Waals surface area contributed by atoms with Gasteiger partial charge in [-0.3, -0.25) is 9.59 Å². The van der Waals surface area contributed by atoms with Gasteiger partial charge in [0.05, 0.1) is 20.3 Å². The van der Waals surface area contributed by atoms with E-state index in [9.17, 15) is 9.59 Å². The largest absolute Gasteiger partial charge is 0.493 e. The quantitative estimate of drug-likeness (QED) is 0.0659. The van der Waals surface area contributed by atoms with E-state index >= 15 is 0 Å². The highest BCUT2D eigenvalue weighted by Crippen LogP contribution is 2.43. The van der Waals surface area contributed by atoms with Crippen molar-refractivity contribution in [1.82, 2.24) is 0 Å². The molecule has 0 amide bonds. The molecule has 0 aliphatic heterocycles. The summed E-state index contributed by atoms with van der Waals surface area (Å²) in [6.45, 7) is 14.3. The molecule has 0 saturated carbocycles. The summed E-state index contributed by atoms with van der Waals surface area (Å²) in [7, 11) is 1.60. The SMILES string of the molecule is CCCCCCOc1cc(OCCCCCC)c2ccccc2c1OC(C)=O.COc1c(OC(C)(C)C)cc(OC(C)=O)c2ccccc12. The second-order valence-electron chi connectivity index (χ2n) is 12.9. The number of esters is 2. The van der Waals surface area contributed by atoms with Crippen molar-refractivity contribution in [1.29, 1.82) is 0 Å². The molecule has 0 bridgehead atoms. The molecule has 8 nitrogen and oxygen atoms in total. The summed E-state index contributed by atoms with van der Waals surface area (Å²) in [6.07, 6.45) is 9.12. The average Bonchev–Trinajstić information content (AvgIpc) is 3.05. The lowest BCUT2D eigenvalue weighted by molar-refractivity contribution is -0.132. The summed E-state index contributed by atoms with van der Waals surface area (Å²) in [5.74, 6) is 2.79. The van der Waals surface area contributed by atoms with Gasteiger partial charge in [0.2, 0.25) is 0 Å². The smallest absolute Gasteiger partial charge is 0.308 e. The highest BCUT2D eigenvalue weighted by Gasteiger charge is 2.21. The zero-order valence-corrected chi connectivity index (χ0v) is 30.6. The fraction of sp³-hybridized carbons (Fsp3) is 0.463. The number of rotatable bonds is 16. The van der Waals surface area contributed by atoms with Crippen LogP contribution in [0, 0.1) is 0 Å². The molecule has 0 saturated heterocycles. The molecule has 266 valence electrons. The number of benzene rings is 4. The Hall–Kier alpha value is -4.46. The molecule has 0 aliphatic carbocycles. The van der Waals surface area contributed by atoms with Crippen molar-refractivity contribution >= 4 is 33.5 Å². The number of hydrogen-bond donors (Lipinski definition) is 0. The van der Waals surface area contributed by atoms with Crippen LogP contribution in [0.4, 0.5) is 0 Å². The van der Waals surface area contributed by atoms with Crippen LogP contribution in [0.3, 0.4) is 0 Å². The van der Waals surface area contributed by atoms with E-state index in [0.717, 1.165) is 46.6 Å². The van der Waals surface area contributed by atoms with E-state index in [1.54, 1.807) is 13.2 Å². The Morgan fingerprint density at radius 3 is 1.53 bits per heavy atom. The van der Waals surface area contributed by atoms with Crippen molar-refractivity contribution in [2.24, 2.45) is 0 Å². The predicted octanol–water partition coefficient (Wildman–Crippen LogP) is 10.6. The first-order valence-electron chi connectivity index (χ1n) is 17.5. The van der Waals surface area contributed by atoms with Gasteiger partial charge in [-0.2, -0.15) is 0 Å². The third kappa shape index (κ3) is 12.2. The van der Waals surface area contributed by atoms with Crippen molar-refractivity contribution in [2.75, 3.05) is 20.3 Å². The summed E-state index contributed by atoms with van der Waals surface area (Å²) in [5.41, 5.74) is -0.386. The number of methoxy groups -OCH3 is 1. The Bertz CT molecular complexity index is 1650. The number of ether oxygens (including phenoxy) is 6. The maximum absolute atomic E-state index is 11.7. The highest BCUT2D eigenvalue weighted by atomic mass is 16.6. The molecule has 0 unspecified atom stereocenters. The van der Waals surface area contributed by atoms with Crippen molar-refractivity contribution in [2.45, 2.75) is 105 Å². The highest BCUT2D eigenvalue weighted by molar-refractivity contribution is 5.98. The topological polar surface area (TPSA) is 89.5 Å². The van der Waals surface area contributed by atoms with E-state index < -0.39 is 0 Å². The minimum Gasteiger partial charge on any atom is -0.493 e. The number of carbonyl (C=O) groups is 2. The van der Waals surface area contributed by atoms with Crippen LogP contribution in [0.15, 0.2) is 60.7 Å². The summed E-state index contributed by atoms with van der Waals surface area (Å²) in [5, 5.41) is 3.43. The van der Waals surface area contributed by atoms with Crippen LogP contribution in [0.5, 0.6) is 34.5 Å². The lowest BCUT2D eigenvalue weighted by Gasteiger charge is -2.24. The van der Waals surface area contributed by atoms with Crippen molar-refractivity contribution in [3.63, 3.8) is 0 Å². The Balaban J connectivity index is 0.000000276. The zero-order valence-electron chi connectivity index (χ0n) is 30.6. The van der Waals surface area contributed by atoms with E-state index in [2.05, 4.69) is 13.8 Å². The van der Waals surface area contributed by atoms with E-state index in [-0.39, 0.29) is 17.5 Å². The minimum absolute atomic E-state index is 0.353. The van der Waals surface area contributed by atoms with Gasteiger partial charge in [0, 0.05) is 47.5 Å². The first-order chi connectivity index (χ1) is 23.5. The van der Waals surface area contributed by atoms with Crippen LogP contribution in [-0.2, 0) is 9.59 Å². The molecule has 4 aromatic rings. The first kappa shape index (κ1) is 39.0. The molecular formula is C41H54O8. The van der Waals surface area contributed by atoms with Gasteiger partial charge < -0.3 is 28.4 Å².